The Morgan fingerprint density at radius 2 is 1.70 bits per heavy atom. The van der Waals surface area contributed by atoms with Gasteiger partial charge in [-0.15, -0.1) is 0 Å². The highest BCUT2D eigenvalue weighted by molar-refractivity contribution is 6.01. The number of pyridine rings is 2. The normalized spacial score (nSPS) is 38.9. The van der Waals surface area contributed by atoms with Crippen molar-refractivity contribution in [2.75, 3.05) is 27.3 Å². The van der Waals surface area contributed by atoms with Crippen molar-refractivity contribution in [1.82, 2.24) is 14.9 Å². The maximum absolute atomic E-state index is 14.5. The lowest BCUT2D eigenvalue weighted by Crippen LogP contribution is -2.60. The molecule has 16 heteroatoms. The molecule has 2 N–H and O–H groups in total. The number of nitrogens with zero attached hydrogens (tertiary/aromatic N) is 5. The highest BCUT2D eigenvalue weighted by Gasteiger charge is 2.53. The molecule has 0 radical (unpaired) electrons. The number of aliphatic imine (C=N–C) groups is 1. The van der Waals surface area contributed by atoms with Crippen molar-refractivity contribution >= 4 is 29.1 Å². The van der Waals surface area contributed by atoms with Crippen LogP contribution in [0.1, 0.15) is 80.2 Å². The third-order valence-electron chi connectivity index (χ3n) is 12.8. The van der Waals surface area contributed by atoms with E-state index in [1.807, 2.05) is 70.1 Å². The maximum Gasteiger partial charge on any atom is 0.316 e. The number of likely N-dealkylation sites (N-methyl/N-ethyl adjacent to an activating group) is 1. The number of hydrogen-bond acceptors (Lipinski definition) is 15. The summed E-state index contributed by atoms with van der Waals surface area (Å²) in [6.45, 7) is 13.4. The average molecular weight is 850 g/mol. The van der Waals surface area contributed by atoms with Gasteiger partial charge >= 0.3 is 5.97 Å². The van der Waals surface area contributed by atoms with Crippen LogP contribution in [0.15, 0.2) is 52.9 Å². The van der Waals surface area contributed by atoms with E-state index in [9.17, 15) is 24.6 Å². The molecule has 16 nitrogen and oxygen atoms in total. The number of oxime groups is 1. The van der Waals surface area contributed by atoms with Gasteiger partial charge in [0.05, 0.1) is 48.5 Å². The zero-order valence-electron chi connectivity index (χ0n) is 37.0. The van der Waals surface area contributed by atoms with Gasteiger partial charge in [0.25, 0.3) is 5.91 Å². The van der Waals surface area contributed by atoms with Gasteiger partial charge in [0.1, 0.15) is 29.4 Å². The zero-order chi connectivity index (χ0) is 44.4. The topological polar surface area (TPSA) is 201 Å². The Morgan fingerprint density at radius 3 is 2.36 bits per heavy atom. The Labute approximate surface area is 358 Å². The summed E-state index contributed by atoms with van der Waals surface area (Å²) in [6, 6.07) is 8.92. The van der Waals surface area contributed by atoms with E-state index < -0.39 is 89.3 Å². The Balaban J connectivity index is 1.47. The summed E-state index contributed by atoms with van der Waals surface area (Å²) in [7, 11) is 3.74. The minimum absolute atomic E-state index is 0.0862. The smallest absolute Gasteiger partial charge is 0.316 e. The van der Waals surface area contributed by atoms with E-state index in [4.69, 9.17) is 33.5 Å². The number of carbonyl (C=O) groups excluding carboxylic acids is 3. The number of Topliss-reactive ketones (excluding diaryl/α,β-unsaturated/α-hetero) is 1. The van der Waals surface area contributed by atoms with Crippen molar-refractivity contribution in [1.29, 1.82) is 0 Å². The van der Waals surface area contributed by atoms with Crippen LogP contribution in [0.3, 0.4) is 0 Å². The number of fused-ring (bicyclic) bond motifs is 4. The number of amides is 1. The fourth-order valence-electron chi connectivity index (χ4n) is 9.36. The molecule has 0 aliphatic carbocycles. The largest absolute Gasteiger partial charge is 0.459 e. The number of aliphatic hydroxyl groups excluding tert-OH is 1. The van der Waals surface area contributed by atoms with Gasteiger partial charge in [0, 0.05) is 42.4 Å². The van der Waals surface area contributed by atoms with Crippen molar-refractivity contribution in [3.05, 3.63) is 48.3 Å². The third-order valence-corrected chi connectivity index (χ3v) is 12.8. The fourth-order valence-corrected chi connectivity index (χ4v) is 9.36. The van der Waals surface area contributed by atoms with Crippen molar-refractivity contribution in [3.63, 3.8) is 0 Å². The molecule has 0 saturated carbocycles. The molecule has 2 aromatic heterocycles. The molecule has 61 heavy (non-hydrogen) atoms. The first-order valence-electron chi connectivity index (χ1n) is 21.4. The molecule has 6 rings (SSSR count). The van der Waals surface area contributed by atoms with Gasteiger partial charge in [0.2, 0.25) is 6.10 Å². The number of aliphatic hydroxyl groups is 2. The second kappa shape index (κ2) is 19.2. The molecule has 6 heterocycles. The van der Waals surface area contributed by atoms with E-state index in [1.54, 1.807) is 33.2 Å². The third kappa shape index (κ3) is 10.1. The zero-order valence-corrected chi connectivity index (χ0v) is 37.0. The molecule has 3 fully saturated rings. The number of cyclic esters (lactones) is 1. The van der Waals surface area contributed by atoms with E-state index in [-0.39, 0.29) is 50.3 Å². The predicted molar refractivity (Wildman–Crippen MR) is 224 cm³/mol. The first-order chi connectivity index (χ1) is 28.8. The minimum Gasteiger partial charge on any atom is -0.459 e. The maximum atomic E-state index is 14.5. The number of aromatic nitrogens is 2. The molecule has 334 valence electrons. The summed E-state index contributed by atoms with van der Waals surface area (Å²) >= 11 is 0. The number of ether oxygens (including phenoxy) is 5. The van der Waals surface area contributed by atoms with Crippen molar-refractivity contribution in [3.8, 4) is 11.4 Å². The SMILES string of the molecule is CC[C@H]1OC(=O)[C@H](C)C(=O)[C@H](C)[C@@H](O[C@@H]2O[C@H](C)C[C@H](N(C)C)[C@H]2O)[C@@]2(C)C[C@@H](C)C3=NC(=O)C(Cc4ccc(-c5ccccn5)nc4)O/N=C(/CO[C@H]([C@H]3C)[C@]1(C)O)CO2. The van der Waals surface area contributed by atoms with E-state index >= 15 is 0 Å². The Morgan fingerprint density at radius 1 is 0.967 bits per heavy atom. The molecule has 4 bridgehead atoms. The van der Waals surface area contributed by atoms with E-state index in [0.717, 1.165) is 0 Å². The molecule has 14 atom stereocenters. The highest BCUT2D eigenvalue weighted by atomic mass is 16.7. The first-order valence-corrected chi connectivity index (χ1v) is 21.4. The van der Waals surface area contributed by atoms with Gasteiger partial charge in [-0.2, -0.15) is 0 Å². The van der Waals surface area contributed by atoms with Crippen molar-refractivity contribution in [2.24, 2.45) is 33.8 Å². The van der Waals surface area contributed by atoms with Gasteiger partial charge in [-0.3, -0.25) is 24.4 Å². The van der Waals surface area contributed by atoms with Crippen LogP contribution in [0.5, 0.6) is 0 Å². The van der Waals surface area contributed by atoms with Gasteiger partial charge in [-0.05, 0) is 90.7 Å². The lowest BCUT2D eigenvalue weighted by atomic mass is 9.73. The van der Waals surface area contributed by atoms with Crippen molar-refractivity contribution in [2.45, 2.75) is 141 Å². The van der Waals surface area contributed by atoms with Crippen LogP contribution in [0.4, 0.5) is 0 Å². The average Bonchev–Trinajstić information content (AvgIpc) is 3.26. The van der Waals surface area contributed by atoms with Crippen LogP contribution >= 0.6 is 0 Å². The first kappa shape index (κ1) is 46.5. The number of esters is 1. The summed E-state index contributed by atoms with van der Waals surface area (Å²) in [5.74, 6) is -5.51. The quantitative estimate of drug-likeness (QED) is 0.299. The van der Waals surface area contributed by atoms with E-state index in [0.29, 0.717) is 29.1 Å². The van der Waals surface area contributed by atoms with Crippen LogP contribution in [-0.4, -0.2) is 142 Å². The second-order valence-corrected chi connectivity index (χ2v) is 17.9. The molecule has 1 unspecified atom stereocenters. The summed E-state index contributed by atoms with van der Waals surface area (Å²) in [5.41, 5.74) is -0.547. The lowest BCUT2D eigenvalue weighted by Gasteiger charge is -2.47. The van der Waals surface area contributed by atoms with E-state index in [1.165, 1.54) is 13.8 Å². The van der Waals surface area contributed by atoms with E-state index in [2.05, 4.69) is 15.1 Å². The monoisotopic (exact) mass is 849 g/mol. The standard InChI is InChI=1S/C45H63N5O11/c1-11-35-45(8,55)40-26(4)36-24(2)20-44(7,39(27(5)37(51)28(6)42(54)59-35)60-43-38(52)33(50(9)10)18-25(3)58-43)57-23-30(22-56-40)49-61-34(41(53)48-36)19-29-15-16-32(47-21-29)31-14-12-13-17-46-31/h12-17,21,24-28,33-35,38-40,43,52,55H,11,18-20,22-23H2,1-10H3/b48-36?,49-30-/t24-,25-,26+,27+,28-,33+,34?,35-,38-,39-,40-,43+,44-,45-/m1/s1. The molecule has 0 aromatic carbocycles. The number of ketones is 1. The number of rotatable bonds is 7. The lowest BCUT2D eigenvalue weighted by molar-refractivity contribution is -0.296. The minimum atomic E-state index is -1.84. The summed E-state index contributed by atoms with van der Waals surface area (Å²) in [6.07, 6.45) is -2.77. The summed E-state index contributed by atoms with van der Waals surface area (Å²) < 4.78 is 32.5. The summed E-state index contributed by atoms with van der Waals surface area (Å²) in [5, 5.41) is 28.6. The Bertz CT molecular complexity index is 1930. The van der Waals surface area contributed by atoms with Crippen LogP contribution in [0.25, 0.3) is 11.4 Å². The number of carbonyl (C=O) groups is 3. The Kier molecular flexibility index (Phi) is 14.6. The molecule has 3 saturated heterocycles. The summed E-state index contributed by atoms with van der Waals surface area (Å²) in [4.78, 5) is 64.6. The predicted octanol–water partition coefficient (Wildman–Crippen LogP) is 3.98. The highest BCUT2D eigenvalue weighted by Crippen LogP contribution is 2.40. The van der Waals surface area contributed by atoms with Crippen molar-refractivity contribution < 1.29 is 53.1 Å². The molecule has 4 aliphatic rings. The van der Waals surface area contributed by atoms with Gasteiger partial charge in [-0.25, -0.2) is 4.99 Å². The molecular formula is C45H63N5O11. The van der Waals surface area contributed by atoms with Gasteiger partial charge in [0.15, 0.2) is 12.1 Å². The van der Waals surface area contributed by atoms with Crippen LogP contribution < -0.4 is 0 Å². The Hall–Kier alpha value is -4.03. The molecule has 4 aliphatic heterocycles. The van der Waals surface area contributed by atoms with Crippen LogP contribution in [0.2, 0.25) is 0 Å². The molecule has 1 amide bonds. The van der Waals surface area contributed by atoms with Crippen LogP contribution in [0, 0.1) is 23.7 Å². The molecular weight excluding hydrogens is 787 g/mol. The number of hydrogen-bond donors (Lipinski definition) is 2. The second-order valence-electron chi connectivity index (χ2n) is 17.9. The van der Waals surface area contributed by atoms with Gasteiger partial charge < -0.3 is 43.6 Å². The fraction of sp³-hybridized carbons (Fsp3) is 0.667. The molecule has 0 spiro atoms. The van der Waals surface area contributed by atoms with Crippen LogP contribution in [-0.2, 0) is 49.3 Å². The van der Waals surface area contributed by atoms with Gasteiger partial charge in [-0.1, -0.05) is 45.0 Å². The molecule has 2 aromatic rings.